The van der Waals surface area contributed by atoms with Crippen LogP contribution in [0, 0.1) is 0 Å². The Kier molecular flexibility index (Phi) is 3.88. The summed E-state index contributed by atoms with van der Waals surface area (Å²) in [4.78, 5) is 4.15. The number of halogens is 1. The van der Waals surface area contributed by atoms with Crippen molar-refractivity contribution in [3.8, 4) is 0 Å². The van der Waals surface area contributed by atoms with E-state index in [4.69, 9.17) is 17.3 Å². The zero-order chi connectivity index (χ0) is 13.8. The third-order valence-corrected chi connectivity index (χ3v) is 2.87. The molecule has 1 heterocycles. The van der Waals surface area contributed by atoms with E-state index < -0.39 is 0 Å². The van der Waals surface area contributed by atoms with Crippen molar-refractivity contribution in [2.24, 2.45) is 0 Å². The Labute approximate surface area is 117 Å². The maximum atomic E-state index is 5.99. The van der Waals surface area contributed by atoms with Crippen molar-refractivity contribution in [3.63, 3.8) is 0 Å². The van der Waals surface area contributed by atoms with Crippen molar-refractivity contribution in [2.75, 3.05) is 11.1 Å². The molecule has 0 unspecified atom stereocenters. The lowest BCUT2D eigenvalue weighted by Crippen LogP contribution is -2.02. The Balaban J connectivity index is 2.20. The average Bonchev–Trinajstić information content (AvgIpc) is 2.41. The first-order chi connectivity index (χ1) is 9.10. The molecule has 0 atom stereocenters. The zero-order valence-electron chi connectivity index (χ0n) is 10.4. The Hall–Kier alpha value is -2.26. The molecule has 4 heteroatoms. The summed E-state index contributed by atoms with van der Waals surface area (Å²) < 4.78 is 0. The van der Waals surface area contributed by atoms with E-state index in [9.17, 15) is 0 Å². The Bertz CT molecular complexity index is 618. The van der Waals surface area contributed by atoms with Gasteiger partial charge in [0.15, 0.2) is 0 Å². The van der Waals surface area contributed by atoms with Gasteiger partial charge in [-0.05, 0) is 23.8 Å². The smallest absolute Gasteiger partial charge is 0.130 e. The number of aromatic nitrogens is 1. The van der Waals surface area contributed by atoms with Crippen molar-refractivity contribution in [2.45, 2.75) is 0 Å². The highest BCUT2D eigenvalue weighted by atomic mass is 35.5. The molecule has 0 aliphatic rings. The molecular formula is C15H14ClN3. The number of benzene rings is 1. The van der Waals surface area contributed by atoms with E-state index in [1.54, 1.807) is 24.4 Å². The van der Waals surface area contributed by atoms with E-state index in [1.807, 2.05) is 18.2 Å². The molecule has 0 bridgehead atoms. The van der Waals surface area contributed by atoms with Crippen LogP contribution in [0.25, 0.3) is 11.8 Å². The normalized spacial score (nSPS) is 9.95. The molecule has 96 valence electrons. The van der Waals surface area contributed by atoms with Crippen LogP contribution in [0.3, 0.4) is 0 Å². The van der Waals surface area contributed by atoms with Gasteiger partial charge in [0.2, 0.25) is 0 Å². The van der Waals surface area contributed by atoms with E-state index in [-0.39, 0.29) is 0 Å². The van der Waals surface area contributed by atoms with E-state index >= 15 is 0 Å². The van der Waals surface area contributed by atoms with Crippen LogP contribution in [-0.2, 0) is 0 Å². The highest BCUT2D eigenvalue weighted by molar-refractivity contribution is 6.30. The third-order valence-electron chi connectivity index (χ3n) is 2.64. The standard InChI is InChI=1S/C15H14ClN3/c1-3-11-4-6-13(14(17)8-11)10(2)19-15-7-5-12(16)9-18-15/h3-9H,1-2,17H2,(H,18,19). The van der Waals surface area contributed by atoms with Gasteiger partial charge >= 0.3 is 0 Å². The van der Waals surface area contributed by atoms with Crippen molar-refractivity contribution < 1.29 is 0 Å². The number of nitrogen functional groups attached to an aromatic ring is 1. The summed E-state index contributed by atoms with van der Waals surface area (Å²) in [6.45, 7) is 7.68. The van der Waals surface area contributed by atoms with Gasteiger partial charge < -0.3 is 11.1 Å². The minimum absolute atomic E-state index is 0.589. The topological polar surface area (TPSA) is 50.9 Å². The fourth-order valence-electron chi connectivity index (χ4n) is 1.65. The van der Waals surface area contributed by atoms with Crippen LogP contribution in [0.2, 0.25) is 5.02 Å². The first kappa shape index (κ1) is 13.2. The lowest BCUT2D eigenvalue weighted by atomic mass is 10.1. The van der Waals surface area contributed by atoms with Crippen LogP contribution in [0.15, 0.2) is 49.7 Å². The van der Waals surface area contributed by atoms with Crippen LogP contribution in [-0.4, -0.2) is 4.98 Å². The van der Waals surface area contributed by atoms with Gasteiger partial charge in [-0.25, -0.2) is 4.98 Å². The summed E-state index contributed by atoms with van der Waals surface area (Å²) >= 11 is 5.78. The van der Waals surface area contributed by atoms with Gasteiger partial charge in [0.1, 0.15) is 5.82 Å². The summed E-state index contributed by atoms with van der Waals surface area (Å²) in [5, 5.41) is 3.68. The molecule has 19 heavy (non-hydrogen) atoms. The molecule has 0 amide bonds. The minimum atomic E-state index is 0.589. The predicted octanol–water partition coefficient (Wildman–Crippen LogP) is 4.04. The second-order valence-electron chi connectivity index (χ2n) is 4.02. The molecule has 0 spiro atoms. The van der Waals surface area contributed by atoms with Crippen molar-refractivity contribution in [3.05, 3.63) is 65.8 Å². The van der Waals surface area contributed by atoms with Crippen LogP contribution in [0.1, 0.15) is 11.1 Å². The number of nitrogens with two attached hydrogens (primary N) is 1. The Morgan fingerprint density at radius 3 is 2.68 bits per heavy atom. The van der Waals surface area contributed by atoms with Gasteiger partial charge in [0.05, 0.1) is 5.02 Å². The van der Waals surface area contributed by atoms with Crippen LogP contribution in [0.5, 0.6) is 0 Å². The second-order valence-corrected chi connectivity index (χ2v) is 4.45. The summed E-state index contributed by atoms with van der Waals surface area (Å²) in [5.74, 6) is 0.668. The SMILES string of the molecule is C=Cc1ccc(C(=C)Nc2ccc(Cl)cn2)c(N)c1. The van der Waals surface area contributed by atoms with Gasteiger partial charge in [-0.1, -0.05) is 43.0 Å². The molecule has 2 aromatic rings. The largest absolute Gasteiger partial charge is 0.398 e. The van der Waals surface area contributed by atoms with Gasteiger partial charge in [-0.3, -0.25) is 0 Å². The number of nitrogens with one attached hydrogen (secondary N) is 1. The van der Waals surface area contributed by atoms with Gasteiger partial charge in [-0.2, -0.15) is 0 Å². The molecule has 0 saturated heterocycles. The first-order valence-corrected chi connectivity index (χ1v) is 6.08. The molecule has 2 rings (SSSR count). The highest BCUT2D eigenvalue weighted by Crippen LogP contribution is 2.23. The molecule has 0 fully saturated rings. The molecule has 0 aliphatic heterocycles. The van der Waals surface area contributed by atoms with Crippen molar-refractivity contribution in [1.82, 2.24) is 4.98 Å². The molecule has 1 aromatic carbocycles. The first-order valence-electron chi connectivity index (χ1n) is 5.70. The molecule has 3 nitrogen and oxygen atoms in total. The zero-order valence-corrected chi connectivity index (χ0v) is 11.1. The lowest BCUT2D eigenvalue weighted by Gasteiger charge is -2.12. The van der Waals surface area contributed by atoms with E-state index in [0.29, 0.717) is 22.2 Å². The number of rotatable bonds is 4. The number of hydrogen-bond acceptors (Lipinski definition) is 3. The molecule has 0 saturated carbocycles. The van der Waals surface area contributed by atoms with Crippen molar-refractivity contribution in [1.29, 1.82) is 0 Å². The quantitative estimate of drug-likeness (QED) is 0.825. The lowest BCUT2D eigenvalue weighted by molar-refractivity contribution is 1.31. The number of nitrogens with zero attached hydrogens (tertiary/aromatic N) is 1. The monoisotopic (exact) mass is 271 g/mol. The Morgan fingerprint density at radius 2 is 2.11 bits per heavy atom. The van der Waals surface area contributed by atoms with E-state index in [0.717, 1.165) is 11.1 Å². The summed E-state index contributed by atoms with van der Waals surface area (Å²) in [5.41, 5.74) is 9.12. The minimum Gasteiger partial charge on any atom is -0.398 e. The van der Waals surface area contributed by atoms with Crippen LogP contribution >= 0.6 is 11.6 Å². The maximum Gasteiger partial charge on any atom is 0.130 e. The molecule has 1 aromatic heterocycles. The third kappa shape index (κ3) is 3.14. The van der Waals surface area contributed by atoms with Gasteiger partial charge in [0, 0.05) is 23.1 Å². The number of anilines is 2. The summed E-state index contributed by atoms with van der Waals surface area (Å²) in [6, 6.07) is 9.22. The molecular weight excluding hydrogens is 258 g/mol. The maximum absolute atomic E-state index is 5.99. The number of hydrogen-bond donors (Lipinski definition) is 2. The fourth-order valence-corrected chi connectivity index (χ4v) is 1.77. The van der Waals surface area contributed by atoms with Gasteiger partial charge in [0.25, 0.3) is 0 Å². The average molecular weight is 272 g/mol. The van der Waals surface area contributed by atoms with E-state index in [1.165, 1.54) is 0 Å². The van der Waals surface area contributed by atoms with Crippen molar-refractivity contribution >= 4 is 34.9 Å². The summed E-state index contributed by atoms with van der Waals surface area (Å²) in [6.07, 6.45) is 3.32. The summed E-state index contributed by atoms with van der Waals surface area (Å²) in [7, 11) is 0. The number of pyridine rings is 1. The second kappa shape index (κ2) is 5.59. The van der Waals surface area contributed by atoms with Crippen LogP contribution < -0.4 is 11.1 Å². The predicted molar refractivity (Wildman–Crippen MR) is 82.8 cm³/mol. The molecule has 3 N–H and O–H groups in total. The van der Waals surface area contributed by atoms with Gasteiger partial charge in [-0.15, -0.1) is 0 Å². The molecule has 0 aliphatic carbocycles. The van der Waals surface area contributed by atoms with Crippen LogP contribution in [0.4, 0.5) is 11.5 Å². The fraction of sp³-hybridized carbons (Fsp3) is 0. The van der Waals surface area contributed by atoms with E-state index in [2.05, 4.69) is 23.5 Å². The Morgan fingerprint density at radius 1 is 1.32 bits per heavy atom. The molecule has 0 radical (unpaired) electrons. The highest BCUT2D eigenvalue weighted by Gasteiger charge is 2.05.